The normalized spacial score (nSPS) is 12.0. The van der Waals surface area contributed by atoms with Gasteiger partial charge in [-0.05, 0) is 48.5 Å². The number of para-hydroxylation sites is 2. The topological polar surface area (TPSA) is 31.0 Å². The van der Waals surface area contributed by atoms with E-state index < -0.39 is 0 Å². The van der Waals surface area contributed by atoms with Gasteiger partial charge in [-0.25, -0.2) is 4.98 Å². The molecule has 0 aliphatic rings. The van der Waals surface area contributed by atoms with E-state index in [-0.39, 0.29) is 0 Å². The van der Waals surface area contributed by atoms with Gasteiger partial charge < -0.3 is 8.98 Å². The molecule has 6 aromatic carbocycles. The number of fused-ring (bicyclic) bond motifs is 9. The van der Waals surface area contributed by atoms with Crippen LogP contribution in [0.3, 0.4) is 0 Å². The fourth-order valence-corrected chi connectivity index (χ4v) is 8.12. The molecule has 0 saturated heterocycles. The zero-order chi connectivity index (χ0) is 29.5. The molecule has 0 atom stereocenters. The van der Waals surface area contributed by atoms with E-state index in [2.05, 4.69) is 132 Å². The molecule has 4 heteroatoms. The van der Waals surface area contributed by atoms with E-state index >= 15 is 0 Å². The molecule has 0 fully saturated rings. The number of hydrogen-bond acceptors (Lipinski definition) is 3. The van der Waals surface area contributed by atoms with Crippen LogP contribution in [0.15, 0.2) is 150 Å². The molecular formula is C41H24N2OS. The number of nitrogens with zero attached hydrogens (tertiary/aromatic N) is 2. The fourth-order valence-electron chi connectivity index (χ4n) is 6.99. The fraction of sp³-hybridized carbons (Fsp3) is 0. The Kier molecular flexibility index (Phi) is 5.16. The second kappa shape index (κ2) is 9.39. The molecule has 10 aromatic rings. The smallest absolute Gasteiger partial charge is 0.136 e. The summed E-state index contributed by atoms with van der Waals surface area (Å²) in [5.41, 5.74) is 9.18. The summed E-state index contributed by atoms with van der Waals surface area (Å²) < 4.78 is 11.3. The van der Waals surface area contributed by atoms with Crippen LogP contribution in [0.5, 0.6) is 0 Å². The predicted molar refractivity (Wildman–Crippen MR) is 190 cm³/mol. The first-order chi connectivity index (χ1) is 22.3. The Hall–Kier alpha value is -5.71. The van der Waals surface area contributed by atoms with Gasteiger partial charge in [0.2, 0.25) is 0 Å². The molecule has 0 aliphatic carbocycles. The van der Waals surface area contributed by atoms with E-state index in [0.29, 0.717) is 0 Å². The minimum absolute atomic E-state index is 0.866. The van der Waals surface area contributed by atoms with Gasteiger partial charge in [0.25, 0.3) is 0 Å². The number of benzene rings is 6. The Labute approximate surface area is 262 Å². The first-order valence-corrected chi connectivity index (χ1v) is 15.9. The number of rotatable bonds is 3. The molecule has 0 amide bonds. The van der Waals surface area contributed by atoms with Gasteiger partial charge in [0, 0.05) is 52.8 Å². The van der Waals surface area contributed by atoms with E-state index in [1.807, 2.05) is 29.5 Å². The Morgan fingerprint density at radius 1 is 0.489 bits per heavy atom. The Morgan fingerprint density at radius 2 is 1.22 bits per heavy atom. The van der Waals surface area contributed by atoms with Crippen LogP contribution in [-0.4, -0.2) is 9.55 Å². The molecule has 4 heterocycles. The number of hydrogen-bond donors (Lipinski definition) is 0. The third-order valence-electron chi connectivity index (χ3n) is 8.99. The lowest BCUT2D eigenvalue weighted by Gasteiger charge is -2.14. The molecule has 45 heavy (non-hydrogen) atoms. The zero-order valence-corrected chi connectivity index (χ0v) is 24.9. The van der Waals surface area contributed by atoms with Gasteiger partial charge >= 0.3 is 0 Å². The van der Waals surface area contributed by atoms with E-state index in [0.717, 1.165) is 50.1 Å². The first-order valence-electron chi connectivity index (χ1n) is 15.1. The van der Waals surface area contributed by atoms with Gasteiger partial charge in [0.1, 0.15) is 11.2 Å². The van der Waals surface area contributed by atoms with Gasteiger partial charge in [0.05, 0.1) is 28.1 Å². The van der Waals surface area contributed by atoms with Crippen molar-refractivity contribution in [3.63, 3.8) is 0 Å². The van der Waals surface area contributed by atoms with Crippen LogP contribution in [0.4, 0.5) is 0 Å². The Bertz CT molecular complexity index is 2770. The predicted octanol–water partition coefficient (Wildman–Crippen LogP) is 11.8. The van der Waals surface area contributed by atoms with E-state index in [1.54, 1.807) is 0 Å². The highest BCUT2D eigenvalue weighted by Gasteiger charge is 2.19. The van der Waals surface area contributed by atoms with Crippen LogP contribution in [0, 0.1) is 0 Å². The summed E-state index contributed by atoms with van der Waals surface area (Å²) in [6, 6.07) is 51.7. The standard InChI is InChI=1S/C41H24N2OS/c1-2-11-25(12-3-1)33-21-26(22-34(42-33)29-16-10-19-38-41(29)30-15-5-8-18-37(30)44-38)43-35-17-7-4-13-27(35)31-24-40-32(23-36(31)43)28-14-6-9-20-39(28)45-40/h1-24H. The van der Waals surface area contributed by atoms with Crippen molar-refractivity contribution < 1.29 is 4.42 Å². The number of thiophene rings is 1. The largest absolute Gasteiger partial charge is 0.456 e. The molecule has 0 N–H and O–H groups in total. The molecule has 210 valence electrons. The Balaban J connectivity index is 1.33. The monoisotopic (exact) mass is 592 g/mol. The lowest BCUT2D eigenvalue weighted by atomic mass is 10.0. The highest BCUT2D eigenvalue weighted by atomic mass is 32.1. The maximum Gasteiger partial charge on any atom is 0.136 e. The molecule has 4 aromatic heterocycles. The summed E-state index contributed by atoms with van der Waals surface area (Å²) in [4.78, 5) is 5.31. The van der Waals surface area contributed by atoms with Crippen molar-refractivity contribution in [3.05, 3.63) is 146 Å². The van der Waals surface area contributed by atoms with Crippen molar-refractivity contribution >= 4 is 75.3 Å². The molecule has 10 rings (SSSR count). The van der Waals surface area contributed by atoms with Crippen molar-refractivity contribution in [2.75, 3.05) is 0 Å². The lowest BCUT2D eigenvalue weighted by Crippen LogP contribution is -1.98. The van der Waals surface area contributed by atoms with E-state index in [1.165, 1.54) is 42.0 Å². The Morgan fingerprint density at radius 3 is 2.13 bits per heavy atom. The van der Waals surface area contributed by atoms with Crippen molar-refractivity contribution in [3.8, 4) is 28.2 Å². The maximum atomic E-state index is 6.28. The minimum Gasteiger partial charge on any atom is -0.456 e. The van der Waals surface area contributed by atoms with Gasteiger partial charge in [-0.15, -0.1) is 11.3 Å². The number of aromatic nitrogens is 2. The van der Waals surface area contributed by atoms with Gasteiger partial charge in [-0.3, -0.25) is 0 Å². The number of pyridine rings is 1. The highest BCUT2D eigenvalue weighted by Crippen LogP contribution is 2.42. The van der Waals surface area contributed by atoms with Crippen molar-refractivity contribution in [1.29, 1.82) is 0 Å². The molecule has 3 nitrogen and oxygen atoms in total. The molecule has 0 saturated carbocycles. The van der Waals surface area contributed by atoms with Crippen molar-refractivity contribution in [2.45, 2.75) is 0 Å². The second-order valence-electron chi connectivity index (χ2n) is 11.6. The third-order valence-corrected chi connectivity index (χ3v) is 10.1. The van der Waals surface area contributed by atoms with Crippen LogP contribution in [0.2, 0.25) is 0 Å². The SMILES string of the molecule is c1ccc(-c2cc(-n3c4ccccc4c4cc5sc6ccccc6c5cc43)cc(-c3cccc4oc5ccccc5c34)n2)cc1. The average Bonchev–Trinajstić information content (AvgIpc) is 3.76. The minimum atomic E-state index is 0.866. The quantitative estimate of drug-likeness (QED) is 0.204. The van der Waals surface area contributed by atoms with Gasteiger partial charge in [-0.1, -0.05) is 97.1 Å². The third kappa shape index (κ3) is 3.67. The molecular weight excluding hydrogens is 569 g/mol. The van der Waals surface area contributed by atoms with Crippen LogP contribution in [0.25, 0.3) is 92.1 Å². The molecule has 0 radical (unpaired) electrons. The molecule has 0 unspecified atom stereocenters. The summed E-state index contributed by atoms with van der Waals surface area (Å²) in [5.74, 6) is 0. The van der Waals surface area contributed by atoms with Crippen LogP contribution in [0.1, 0.15) is 0 Å². The summed E-state index contributed by atoms with van der Waals surface area (Å²) in [7, 11) is 0. The van der Waals surface area contributed by atoms with E-state index in [9.17, 15) is 0 Å². The second-order valence-corrected chi connectivity index (χ2v) is 12.6. The summed E-state index contributed by atoms with van der Waals surface area (Å²) in [6.07, 6.45) is 0. The van der Waals surface area contributed by atoms with Crippen LogP contribution < -0.4 is 0 Å². The van der Waals surface area contributed by atoms with Crippen LogP contribution in [-0.2, 0) is 0 Å². The van der Waals surface area contributed by atoms with Crippen molar-refractivity contribution in [2.24, 2.45) is 0 Å². The molecule has 0 spiro atoms. The lowest BCUT2D eigenvalue weighted by molar-refractivity contribution is 0.669. The van der Waals surface area contributed by atoms with Gasteiger partial charge in [-0.2, -0.15) is 0 Å². The highest BCUT2D eigenvalue weighted by molar-refractivity contribution is 7.25. The van der Waals surface area contributed by atoms with Crippen LogP contribution >= 0.6 is 11.3 Å². The van der Waals surface area contributed by atoms with Crippen molar-refractivity contribution in [1.82, 2.24) is 9.55 Å². The van der Waals surface area contributed by atoms with Gasteiger partial charge in [0.15, 0.2) is 0 Å². The average molecular weight is 593 g/mol. The van der Waals surface area contributed by atoms with E-state index in [4.69, 9.17) is 9.40 Å². The summed E-state index contributed by atoms with van der Waals surface area (Å²) in [6.45, 7) is 0. The summed E-state index contributed by atoms with van der Waals surface area (Å²) in [5, 5.41) is 7.28. The summed E-state index contributed by atoms with van der Waals surface area (Å²) >= 11 is 1.86. The zero-order valence-electron chi connectivity index (χ0n) is 24.1. The maximum absolute atomic E-state index is 6.28. The number of furan rings is 1. The molecule has 0 aliphatic heterocycles. The first kappa shape index (κ1) is 24.7. The molecule has 0 bridgehead atoms.